The molecule has 0 aliphatic carbocycles. The summed E-state index contributed by atoms with van der Waals surface area (Å²) in [5.74, 6) is 0.775. The van der Waals surface area contributed by atoms with Gasteiger partial charge in [0.2, 0.25) is 5.91 Å². The molecule has 0 saturated carbocycles. The summed E-state index contributed by atoms with van der Waals surface area (Å²) in [6.07, 6.45) is 6.77. The quantitative estimate of drug-likeness (QED) is 0.218. The van der Waals surface area contributed by atoms with Gasteiger partial charge in [0.05, 0.1) is 5.52 Å². The van der Waals surface area contributed by atoms with Crippen LogP contribution in [0, 0.1) is 19.7 Å². The maximum Gasteiger partial charge on any atom is 0.222 e. The molecule has 1 aliphatic heterocycles. The molecular weight excluding hydrogens is 515 g/mol. The lowest BCUT2D eigenvalue weighted by atomic mass is 9.91. The first-order chi connectivity index (χ1) is 19.9. The summed E-state index contributed by atoms with van der Waals surface area (Å²) in [6, 6.07) is 15.9. The van der Waals surface area contributed by atoms with Crippen molar-refractivity contribution in [2.24, 2.45) is 0 Å². The van der Waals surface area contributed by atoms with Crippen LogP contribution in [-0.4, -0.2) is 47.2 Å². The molecule has 1 aliphatic rings. The summed E-state index contributed by atoms with van der Waals surface area (Å²) < 4.78 is 22.5. The van der Waals surface area contributed by atoms with Crippen molar-refractivity contribution in [3.8, 4) is 11.1 Å². The SMILES string of the molecule is COCCCn1c(C2CCCN(C(=O)CCCc3ccc(-c4cnc(N)c(C)c4)cc3)C2)c(C)c2cccc(F)c21. The van der Waals surface area contributed by atoms with Crippen molar-refractivity contribution in [2.45, 2.75) is 64.8 Å². The number of carbonyl (C=O) groups is 1. The lowest BCUT2D eigenvalue weighted by Gasteiger charge is -2.34. The lowest BCUT2D eigenvalue weighted by Crippen LogP contribution is -2.39. The molecule has 2 N–H and O–H groups in total. The largest absolute Gasteiger partial charge is 0.385 e. The molecule has 216 valence electrons. The Balaban J connectivity index is 1.22. The van der Waals surface area contributed by atoms with E-state index >= 15 is 4.39 Å². The average Bonchev–Trinajstić information content (AvgIpc) is 3.27. The van der Waals surface area contributed by atoms with E-state index in [1.165, 1.54) is 11.3 Å². The zero-order valence-electron chi connectivity index (χ0n) is 24.5. The maximum absolute atomic E-state index is 15.0. The number of rotatable bonds is 10. The standard InChI is InChI=1S/C34H41FN4O2/c1-23-20-28(21-37-34(23)36)26-15-13-25(14-16-26)8-4-12-31(40)38-17-6-9-27(22-38)32-24(2)29-10-5-11-30(35)33(29)39(32)18-7-19-41-3/h5,10-11,13-16,20-21,27H,4,6-9,12,17-19,22H2,1-3H3,(H2,36,37). The van der Waals surface area contributed by atoms with Gasteiger partial charge in [-0.3, -0.25) is 4.79 Å². The fraction of sp³-hybridized carbons (Fsp3) is 0.412. The highest BCUT2D eigenvalue weighted by molar-refractivity contribution is 5.86. The second-order valence-electron chi connectivity index (χ2n) is 11.3. The molecule has 5 rings (SSSR count). The number of nitrogen functional groups attached to an aromatic ring is 1. The van der Waals surface area contributed by atoms with E-state index in [0.717, 1.165) is 66.3 Å². The van der Waals surface area contributed by atoms with Gasteiger partial charge in [-0.15, -0.1) is 0 Å². The van der Waals surface area contributed by atoms with Crippen LogP contribution in [0.3, 0.4) is 0 Å². The summed E-state index contributed by atoms with van der Waals surface area (Å²) in [5.41, 5.74) is 13.2. The van der Waals surface area contributed by atoms with E-state index in [1.54, 1.807) is 25.4 Å². The molecule has 3 heterocycles. The van der Waals surface area contributed by atoms with Crippen LogP contribution in [0.25, 0.3) is 22.0 Å². The predicted octanol–water partition coefficient (Wildman–Crippen LogP) is 6.81. The number of fused-ring (bicyclic) bond motifs is 1. The van der Waals surface area contributed by atoms with Crippen molar-refractivity contribution in [1.29, 1.82) is 0 Å². The number of amides is 1. The van der Waals surface area contributed by atoms with Gasteiger partial charge in [0.1, 0.15) is 11.6 Å². The van der Waals surface area contributed by atoms with E-state index in [-0.39, 0.29) is 17.6 Å². The number of hydrogen-bond acceptors (Lipinski definition) is 4. The third-order valence-electron chi connectivity index (χ3n) is 8.49. The molecule has 41 heavy (non-hydrogen) atoms. The Morgan fingerprint density at radius 2 is 1.93 bits per heavy atom. The molecular formula is C34H41FN4O2. The summed E-state index contributed by atoms with van der Waals surface area (Å²) >= 11 is 0. The Morgan fingerprint density at radius 1 is 1.12 bits per heavy atom. The molecule has 1 saturated heterocycles. The number of piperidine rings is 1. The van der Waals surface area contributed by atoms with Crippen LogP contribution >= 0.6 is 0 Å². The van der Waals surface area contributed by atoms with E-state index in [0.29, 0.717) is 37.5 Å². The van der Waals surface area contributed by atoms with E-state index in [9.17, 15) is 4.79 Å². The Morgan fingerprint density at radius 3 is 2.68 bits per heavy atom. The van der Waals surface area contributed by atoms with Gasteiger partial charge in [-0.1, -0.05) is 36.4 Å². The zero-order valence-corrected chi connectivity index (χ0v) is 24.5. The number of para-hydroxylation sites is 1. The number of ether oxygens (including phenoxy) is 1. The predicted molar refractivity (Wildman–Crippen MR) is 163 cm³/mol. The molecule has 1 unspecified atom stereocenters. The van der Waals surface area contributed by atoms with Gasteiger partial charge >= 0.3 is 0 Å². The van der Waals surface area contributed by atoms with Gasteiger partial charge in [0, 0.05) is 68.5 Å². The number of anilines is 1. The Kier molecular flexibility index (Phi) is 9.03. The second-order valence-corrected chi connectivity index (χ2v) is 11.3. The monoisotopic (exact) mass is 556 g/mol. The van der Waals surface area contributed by atoms with Gasteiger partial charge in [-0.25, -0.2) is 9.37 Å². The van der Waals surface area contributed by atoms with Crippen LogP contribution < -0.4 is 5.73 Å². The third kappa shape index (κ3) is 6.30. The second kappa shape index (κ2) is 12.9. The highest BCUT2D eigenvalue weighted by Gasteiger charge is 2.29. The molecule has 4 aromatic rings. The number of aryl methyl sites for hydroxylation is 4. The fourth-order valence-corrected chi connectivity index (χ4v) is 6.31. The molecule has 1 fully saturated rings. The van der Waals surface area contributed by atoms with E-state index in [1.807, 2.05) is 17.9 Å². The highest BCUT2D eigenvalue weighted by atomic mass is 19.1. The fourth-order valence-electron chi connectivity index (χ4n) is 6.31. The number of benzene rings is 2. The summed E-state index contributed by atoms with van der Waals surface area (Å²) in [4.78, 5) is 19.6. The van der Waals surface area contributed by atoms with Crippen LogP contribution in [0.15, 0.2) is 54.7 Å². The highest BCUT2D eigenvalue weighted by Crippen LogP contribution is 2.37. The molecule has 2 aromatic carbocycles. The number of methoxy groups -OCH3 is 1. The minimum Gasteiger partial charge on any atom is -0.385 e. The molecule has 1 amide bonds. The Hall–Kier alpha value is -3.71. The molecule has 0 radical (unpaired) electrons. The van der Waals surface area contributed by atoms with Crippen LogP contribution in [0.2, 0.25) is 0 Å². The van der Waals surface area contributed by atoms with Crippen molar-refractivity contribution in [1.82, 2.24) is 14.5 Å². The van der Waals surface area contributed by atoms with E-state index < -0.39 is 0 Å². The zero-order chi connectivity index (χ0) is 28.9. The molecule has 7 heteroatoms. The maximum atomic E-state index is 15.0. The van der Waals surface area contributed by atoms with Crippen LogP contribution in [0.1, 0.15) is 60.4 Å². The van der Waals surface area contributed by atoms with Gasteiger partial charge < -0.3 is 19.9 Å². The van der Waals surface area contributed by atoms with Crippen molar-refractivity contribution < 1.29 is 13.9 Å². The van der Waals surface area contributed by atoms with Crippen molar-refractivity contribution in [3.63, 3.8) is 0 Å². The van der Waals surface area contributed by atoms with E-state index in [4.69, 9.17) is 10.5 Å². The Bertz CT molecular complexity index is 1510. The van der Waals surface area contributed by atoms with Crippen LogP contribution in [0.4, 0.5) is 10.2 Å². The van der Waals surface area contributed by atoms with Gasteiger partial charge in [0.25, 0.3) is 0 Å². The van der Waals surface area contributed by atoms with Crippen molar-refractivity contribution in [3.05, 3.63) is 82.9 Å². The molecule has 2 aromatic heterocycles. The first-order valence-electron chi connectivity index (χ1n) is 14.7. The van der Waals surface area contributed by atoms with E-state index in [2.05, 4.69) is 46.8 Å². The van der Waals surface area contributed by atoms with Crippen LogP contribution in [-0.2, 0) is 22.5 Å². The average molecular weight is 557 g/mol. The first kappa shape index (κ1) is 28.8. The normalized spacial score (nSPS) is 15.5. The molecule has 6 nitrogen and oxygen atoms in total. The summed E-state index contributed by atoms with van der Waals surface area (Å²) in [7, 11) is 1.69. The number of halogens is 1. The number of nitrogens with zero attached hydrogens (tertiary/aromatic N) is 3. The van der Waals surface area contributed by atoms with Gasteiger partial charge in [-0.05, 0) is 80.3 Å². The molecule has 0 spiro atoms. The Labute approximate surface area is 242 Å². The van der Waals surface area contributed by atoms with Gasteiger partial charge in [0.15, 0.2) is 0 Å². The summed E-state index contributed by atoms with van der Waals surface area (Å²) in [6.45, 7) is 6.86. The van der Waals surface area contributed by atoms with Gasteiger partial charge in [-0.2, -0.15) is 0 Å². The number of carbonyl (C=O) groups excluding carboxylic acids is 1. The number of nitrogens with two attached hydrogens (primary N) is 1. The smallest absolute Gasteiger partial charge is 0.222 e. The van der Waals surface area contributed by atoms with Crippen molar-refractivity contribution in [2.75, 3.05) is 32.5 Å². The third-order valence-corrected chi connectivity index (χ3v) is 8.49. The lowest BCUT2D eigenvalue weighted by molar-refractivity contribution is -0.132. The minimum absolute atomic E-state index is 0.189. The first-order valence-corrected chi connectivity index (χ1v) is 14.7. The number of hydrogen-bond donors (Lipinski definition) is 1. The number of likely N-dealkylation sites (tertiary alicyclic amines) is 1. The molecule has 0 bridgehead atoms. The number of aromatic nitrogens is 2. The topological polar surface area (TPSA) is 73.4 Å². The molecule has 1 atom stereocenters. The number of pyridine rings is 1. The minimum atomic E-state index is -0.189. The van der Waals surface area contributed by atoms with Crippen LogP contribution in [0.5, 0.6) is 0 Å². The van der Waals surface area contributed by atoms with Crippen molar-refractivity contribution >= 4 is 22.6 Å². The summed E-state index contributed by atoms with van der Waals surface area (Å²) in [5, 5.41) is 0.967.